The van der Waals surface area contributed by atoms with Crippen molar-refractivity contribution in [1.82, 2.24) is 0 Å². The Morgan fingerprint density at radius 3 is 2.67 bits per heavy atom. The lowest BCUT2D eigenvalue weighted by molar-refractivity contribution is -0.108. The Morgan fingerprint density at radius 1 is 1.42 bits per heavy atom. The zero-order valence-corrected chi connectivity index (χ0v) is 8.25. The summed E-state index contributed by atoms with van der Waals surface area (Å²) in [5, 5.41) is 0.339. The molecule has 0 aromatic rings. The van der Waals surface area contributed by atoms with Crippen molar-refractivity contribution in [3.05, 3.63) is 33.9 Å². The highest BCUT2D eigenvalue weighted by molar-refractivity contribution is 6.68. The van der Waals surface area contributed by atoms with Gasteiger partial charge in [-0.1, -0.05) is 29.3 Å². The first-order chi connectivity index (χ1) is 5.61. The molecule has 0 atom stereocenters. The number of rotatable bonds is 1. The molecule has 0 fully saturated rings. The van der Waals surface area contributed by atoms with Gasteiger partial charge in [0.2, 0.25) is 5.24 Å². The Labute approximate surface area is 85.3 Å². The molecular formula is C8H5Cl3O. The fourth-order valence-corrected chi connectivity index (χ4v) is 1.46. The van der Waals surface area contributed by atoms with Crippen molar-refractivity contribution in [3.8, 4) is 0 Å². The Bertz CT molecular complexity index is 299. The van der Waals surface area contributed by atoms with Crippen molar-refractivity contribution < 1.29 is 4.79 Å². The van der Waals surface area contributed by atoms with Crippen molar-refractivity contribution >= 4 is 40.0 Å². The highest BCUT2D eigenvalue weighted by Gasteiger charge is 2.13. The molecule has 0 aliphatic heterocycles. The van der Waals surface area contributed by atoms with E-state index in [1.54, 1.807) is 18.2 Å². The first kappa shape index (κ1) is 9.85. The topological polar surface area (TPSA) is 17.1 Å². The van der Waals surface area contributed by atoms with Gasteiger partial charge in [-0.3, -0.25) is 4.79 Å². The van der Waals surface area contributed by atoms with E-state index in [1.807, 2.05) is 0 Å². The predicted molar refractivity (Wildman–Crippen MR) is 51.4 cm³/mol. The summed E-state index contributed by atoms with van der Waals surface area (Å²) in [5.41, 5.74) is 0.341. The molecule has 1 rings (SSSR count). The molecule has 0 bridgehead atoms. The van der Waals surface area contributed by atoms with Crippen molar-refractivity contribution in [2.75, 3.05) is 0 Å². The second-order valence-electron chi connectivity index (χ2n) is 2.25. The molecule has 0 unspecified atom stereocenters. The lowest BCUT2D eigenvalue weighted by atomic mass is 10.2. The van der Waals surface area contributed by atoms with Gasteiger partial charge >= 0.3 is 0 Å². The van der Waals surface area contributed by atoms with Crippen LogP contribution in [0, 0.1) is 0 Å². The van der Waals surface area contributed by atoms with Gasteiger partial charge < -0.3 is 0 Å². The SMILES string of the molecule is O=C(Cl)C1=C(Cl)C=CC=C(Cl)C1. The van der Waals surface area contributed by atoms with Crippen molar-refractivity contribution in [1.29, 1.82) is 0 Å². The number of hydrogen-bond acceptors (Lipinski definition) is 1. The third kappa shape index (κ3) is 2.37. The molecule has 4 heteroatoms. The van der Waals surface area contributed by atoms with Gasteiger partial charge in [-0.25, -0.2) is 0 Å². The van der Waals surface area contributed by atoms with Crippen molar-refractivity contribution in [3.63, 3.8) is 0 Å². The van der Waals surface area contributed by atoms with Crippen LogP contribution in [0.5, 0.6) is 0 Å². The first-order valence-corrected chi connectivity index (χ1v) is 4.36. The van der Waals surface area contributed by atoms with Crippen molar-refractivity contribution in [2.24, 2.45) is 0 Å². The van der Waals surface area contributed by atoms with Gasteiger partial charge in [0.15, 0.2) is 0 Å². The van der Waals surface area contributed by atoms with Crippen LogP contribution >= 0.6 is 34.8 Å². The fourth-order valence-electron chi connectivity index (χ4n) is 0.813. The minimum Gasteiger partial charge on any atom is -0.276 e. The first-order valence-electron chi connectivity index (χ1n) is 3.22. The fraction of sp³-hybridized carbons (Fsp3) is 0.125. The second-order valence-corrected chi connectivity index (χ2v) is 3.49. The minimum atomic E-state index is -0.557. The van der Waals surface area contributed by atoms with Gasteiger partial charge in [-0.05, 0) is 23.8 Å². The van der Waals surface area contributed by atoms with E-state index in [0.29, 0.717) is 22.1 Å². The van der Waals surface area contributed by atoms with Crippen LogP contribution < -0.4 is 0 Å². The monoisotopic (exact) mass is 222 g/mol. The molecule has 0 heterocycles. The molecule has 1 aliphatic carbocycles. The summed E-state index contributed by atoms with van der Waals surface area (Å²) in [6, 6.07) is 0. The summed E-state index contributed by atoms with van der Waals surface area (Å²) in [6.07, 6.45) is 5.25. The Kier molecular flexibility index (Phi) is 3.39. The molecule has 64 valence electrons. The Hall–Kier alpha value is -0.240. The molecule has 0 aromatic heterocycles. The van der Waals surface area contributed by atoms with Gasteiger partial charge in [0.25, 0.3) is 0 Å². The van der Waals surface area contributed by atoms with E-state index in [0.717, 1.165) is 0 Å². The third-order valence-corrected chi connectivity index (χ3v) is 2.23. The summed E-state index contributed by atoms with van der Waals surface area (Å²) in [4.78, 5) is 10.8. The molecule has 12 heavy (non-hydrogen) atoms. The largest absolute Gasteiger partial charge is 0.276 e. The highest BCUT2D eigenvalue weighted by Crippen LogP contribution is 2.25. The molecule has 0 aromatic carbocycles. The Morgan fingerprint density at radius 2 is 2.08 bits per heavy atom. The molecule has 0 amide bonds. The van der Waals surface area contributed by atoms with E-state index >= 15 is 0 Å². The standard InChI is InChI=1S/C8H5Cl3O/c9-5-2-1-3-7(10)6(4-5)8(11)12/h1-3H,4H2. The van der Waals surface area contributed by atoms with Gasteiger partial charge in [-0.2, -0.15) is 0 Å². The van der Waals surface area contributed by atoms with Crippen LogP contribution in [-0.2, 0) is 4.79 Å². The lowest BCUT2D eigenvalue weighted by Gasteiger charge is -1.99. The van der Waals surface area contributed by atoms with E-state index < -0.39 is 5.24 Å². The van der Waals surface area contributed by atoms with Crippen LogP contribution in [0.15, 0.2) is 33.9 Å². The summed E-state index contributed by atoms with van der Waals surface area (Å²) < 4.78 is 0. The molecule has 1 nitrogen and oxygen atoms in total. The zero-order valence-electron chi connectivity index (χ0n) is 5.98. The van der Waals surface area contributed by atoms with Gasteiger partial charge in [0.05, 0.1) is 0 Å². The average Bonchev–Trinajstić information content (AvgIpc) is 2.13. The van der Waals surface area contributed by atoms with Crippen LogP contribution in [0.3, 0.4) is 0 Å². The molecule has 0 spiro atoms. The second kappa shape index (κ2) is 4.13. The van der Waals surface area contributed by atoms with Gasteiger partial charge in [0.1, 0.15) is 0 Å². The minimum absolute atomic E-state index is 0.301. The van der Waals surface area contributed by atoms with E-state index in [2.05, 4.69) is 0 Å². The summed E-state index contributed by atoms with van der Waals surface area (Å²) in [6.45, 7) is 0. The molecule has 0 saturated heterocycles. The number of hydrogen-bond donors (Lipinski definition) is 0. The summed E-state index contributed by atoms with van der Waals surface area (Å²) in [7, 11) is 0. The predicted octanol–water partition coefficient (Wildman–Crippen LogP) is 3.33. The number of carbonyl (C=O) groups excluding carboxylic acids is 1. The van der Waals surface area contributed by atoms with Crippen LogP contribution in [-0.4, -0.2) is 5.24 Å². The maximum absolute atomic E-state index is 10.8. The zero-order chi connectivity index (χ0) is 9.14. The highest BCUT2D eigenvalue weighted by atomic mass is 35.5. The third-order valence-electron chi connectivity index (χ3n) is 1.39. The summed E-state index contributed by atoms with van der Waals surface area (Å²) >= 11 is 16.8. The molecule has 1 aliphatic rings. The number of allylic oxidation sites excluding steroid dienone is 6. The maximum atomic E-state index is 10.8. The van der Waals surface area contributed by atoms with E-state index in [9.17, 15) is 4.79 Å². The quantitative estimate of drug-likeness (QED) is 0.623. The Balaban J connectivity index is 3.03. The average molecular weight is 223 g/mol. The van der Waals surface area contributed by atoms with Crippen LogP contribution in [0.25, 0.3) is 0 Å². The van der Waals surface area contributed by atoms with Gasteiger partial charge in [0, 0.05) is 22.1 Å². The van der Waals surface area contributed by atoms with Crippen molar-refractivity contribution in [2.45, 2.75) is 6.42 Å². The van der Waals surface area contributed by atoms with Crippen LogP contribution in [0.1, 0.15) is 6.42 Å². The lowest BCUT2D eigenvalue weighted by Crippen LogP contribution is -1.94. The number of halogens is 3. The van der Waals surface area contributed by atoms with E-state index in [1.165, 1.54) is 0 Å². The normalized spacial score (nSPS) is 17.4. The summed E-state index contributed by atoms with van der Waals surface area (Å²) in [5.74, 6) is 0. The molecule has 0 N–H and O–H groups in total. The molecule has 0 radical (unpaired) electrons. The van der Waals surface area contributed by atoms with E-state index in [-0.39, 0.29) is 0 Å². The molecular weight excluding hydrogens is 218 g/mol. The van der Waals surface area contributed by atoms with Crippen LogP contribution in [0.4, 0.5) is 0 Å². The molecule has 0 saturated carbocycles. The number of carbonyl (C=O) groups is 1. The van der Waals surface area contributed by atoms with E-state index in [4.69, 9.17) is 34.8 Å². The maximum Gasteiger partial charge on any atom is 0.250 e. The smallest absolute Gasteiger partial charge is 0.250 e. The van der Waals surface area contributed by atoms with Gasteiger partial charge in [-0.15, -0.1) is 0 Å². The van der Waals surface area contributed by atoms with Crippen LogP contribution in [0.2, 0.25) is 0 Å².